The van der Waals surface area contributed by atoms with Crippen molar-refractivity contribution in [3.8, 4) is 5.75 Å². The zero-order valence-electron chi connectivity index (χ0n) is 10.1. The fourth-order valence-corrected chi connectivity index (χ4v) is 2.47. The lowest BCUT2D eigenvalue weighted by molar-refractivity contribution is 0.0780. The Morgan fingerprint density at radius 2 is 2.28 bits per heavy atom. The first-order valence-electron chi connectivity index (χ1n) is 6.25. The van der Waals surface area contributed by atoms with Gasteiger partial charge < -0.3 is 14.8 Å². The number of rotatable bonds is 2. The zero-order valence-corrected chi connectivity index (χ0v) is 10.1. The molecule has 0 aliphatic carbocycles. The van der Waals surface area contributed by atoms with Crippen molar-refractivity contribution in [2.75, 3.05) is 0 Å². The third-order valence-electron chi connectivity index (χ3n) is 3.34. The summed E-state index contributed by atoms with van der Waals surface area (Å²) in [5, 5.41) is 19.3. The molecule has 0 saturated carbocycles. The van der Waals surface area contributed by atoms with E-state index in [9.17, 15) is 10.2 Å². The fourth-order valence-electron chi connectivity index (χ4n) is 2.47. The number of aryl methyl sites for hydroxylation is 1. The average Bonchev–Trinajstić information content (AvgIpc) is 2.73. The normalized spacial score (nSPS) is 18.6. The van der Waals surface area contributed by atoms with Crippen LogP contribution in [0, 0.1) is 0 Å². The number of aromatic nitrogens is 2. The molecule has 1 unspecified atom stereocenters. The molecule has 94 valence electrons. The van der Waals surface area contributed by atoms with Crippen molar-refractivity contribution in [1.82, 2.24) is 9.55 Å². The molecule has 18 heavy (non-hydrogen) atoms. The highest BCUT2D eigenvalue weighted by molar-refractivity contribution is 5.30. The molecule has 0 amide bonds. The maximum atomic E-state index is 9.87. The van der Waals surface area contributed by atoms with Crippen LogP contribution in [-0.2, 0) is 12.8 Å². The molecule has 2 aromatic rings. The first-order valence-corrected chi connectivity index (χ1v) is 6.25. The Bertz CT molecular complexity index is 563. The first-order chi connectivity index (χ1) is 8.72. The highest BCUT2D eigenvalue weighted by atomic mass is 16.3. The standard InChI is InChI=1S/C14H16N2O2/c17-12-4-1-3-10(8-12)7-11-9-16-13(15-11)5-2-6-14(16)18/h1,3-4,8-9,14,17-18H,2,5-7H2. The van der Waals surface area contributed by atoms with Gasteiger partial charge in [-0.15, -0.1) is 0 Å². The minimum atomic E-state index is -0.431. The monoisotopic (exact) mass is 244 g/mol. The summed E-state index contributed by atoms with van der Waals surface area (Å²) in [5.41, 5.74) is 1.97. The van der Waals surface area contributed by atoms with Gasteiger partial charge in [0.1, 0.15) is 17.8 Å². The van der Waals surface area contributed by atoms with Gasteiger partial charge in [-0.3, -0.25) is 0 Å². The number of aliphatic hydroxyl groups is 1. The predicted octanol–water partition coefficient (Wildman–Crippen LogP) is 2.01. The van der Waals surface area contributed by atoms with Crippen LogP contribution in [0.3, 0.4) is 0 Å². The van der Waals surface area contributed by atoms with Gasteiger partial charge in [0.2, 0.25) is 0 Å². The molecule has 1 aromatic heterocycles. The second-order valence-corrected chi connectivity index (χ2v) is 4.78. The van der Waals surface area contributed by atoms with Crippen molar-refractivity contribution < 1.29 is 10.2 Å². The van der Waals surface area contributed by atoms with Gasteiger partial charge in [-0.2, -0.15) is 0 Å². The van der Waals surface area contributed by atoms with Gasteiger partial charge in [0, 0.05) is 19.0 Å². The number of imidazole rings is 1. The second-order valence-electron chi connectivity index (χ2n) is 4.78. The average molecular weight is 244 g/mol. The molecule has 1 aliphatic heterocycles. The molecule has 3 rings (SSSR count). The Balaban J connectivity index is 1.85. The number of fused-ring (bicyclic) bond motifs is 1. The van der Waals surface area contributed by atoms with E-state index in [1.165, 1.54) is 0 Å². The van der Waals surface area contributed by atoms with Crippen LogP contribution >= 0.6 is 0 Å². The summed E-state index contributed by atoms with van der Waals surface area (Å²) in [6.45, 7) is 0. The van der Waals surface area contributed by atoms with Gasteiger partial charge in [0.05, 0.1) is 5.69 Å². The summed E-state index contributed by atoms with van der Waals surface area (Å²) >= 11 is 0. The molecule has 0 radical (unpaired) electrons. The van der Waals surface area contributed by atoms with Crippen molar-refractivity contribution in [1.29, 1.82) is 0 Å². The van der Waals surface area contributed by atoms with E-state index in [0.717, 1.165) is 36.3 Å². The van der Waals surface area contributed by atoms with Gasteiger partial charge in [-0.05, 0) is 30.5 Å². The maximum Gasteiger partial charge on any atom is 0.131 e. The van der Waals surface area contributed by atoms with E-state index in [-0.39, 0.29) is 5.75 Å². The van der Waals surface area contributed by atoms with Crippen LogP contribution in [0.5, 0.6) is 5.75 Å². The second kappa shape index (κ2) is 4.46. The molecule has 1 aliphatic rings. The summed E-state index contributed by atoms with van der Waals surface area (Å²) in [6, 6.07) is 7.20. The Morgan fingerprint density at radius 3 is 3.06 bits per heavy atom. The van der Waals surface area contributed by atoms with Crippen LogP contribution in [0.2, 0.25) is 0 Å². The highest BCUT2D eigenvalue weighted by Crippen LogP contribution is 2.23. The maximum absolute atomic E-state index is 9.87. The van der Waals surface area contributed by atoms with Crippen LogP contribution < -0.4 is 0 Å². The molecule has 0 spiro atoms. The fraction of sp³-hybridized carbons (Fsp3) is 0.357. The molecule has 0 bridgehead atoms. The van der Waals surface area contributed by atoms with Crippen molar-refractivity contribution >= 4 is 0 Å². The quantitative estimate of drug-likeness (QED) is 0.849. The number of hydrogen-bond acceptors (Lipinski definition) is 3. The molecular weight excluding hydrogens is 228 g/mol. The number of benzene rings is 1. The van der Waals surface area contributed by atoms with Gasteiger partial charge in [0.25, 0.3) is 0 Å². The summed E-state index contributed by atoms with van der Waals surface area (Å²) in [5.74, 6) is 1.24. The Morgan fingerprint density at radius 1 is 1.39 bits per heavy atom. The van der Waals surface area contributed by atoms with Gasteiger partial charge in [0.15, 0.2) is 0 Å². The number of nitrogens with zero attached hydrogens (tertiary/aromatic N) is 2. The molecular formula is C14H16N2O2. The molecule has 4 nitrogen and oxygen atoms in total. The largest absolute Gasteiger partial charge is 0.508 e. The lowest BCUT2D eigenvalue weighted by Gasteiger charge is -2.19. The molecule has 0 fully saturated rings. The minimum absolute atomic E-state index is 0.275. The number of hydrogen-bond donors (Lipinski definition) is 2. The van der Waals surface area contributed by atoms with Gasteiger partial charge in [-0.1, -0.05) is 12.1 Å². The molecule has 1 aromatic carbocycles. The van der Waals surface area contributed by atoms with E-state index in [0.29, 0.717) is 6.42 Å². The Hall–Kier alpha value is -1.81. The smallest absolute Gasteiger partial charge is 0.131 e. The molecule has 2 N–H and O–H groups in total. The van der Waals surface area contributed by atoms with E-state index >= 15 is 0 Å². The third-order valence-corrected chi connectivity index (χ3v) is 3.34. The van der Waals surface area contributed by atoms with Crippen LogP contribution in [-0.4, -0.2) is 19.8 Å². The number of phenols is 1. The van der Waals surface area contributed by atoms with Crippen LogP contribution in [0.25, 0.3) is 0 Å². The number of aliphatic hydroxyl groups excluding tert-OH is 1. The van der Waals surface area contributed by atoms with Crippen LogP contribution in [0.1, 0.15) is 36.2 Å². The van der Waals surface area contributed by atoms with Crippen LogP contribution in [0.4, 0.5) is 0 Å². The number of phenolic OH excluding ortho intramolecular Hbond substituents is 1. The first kappa shape index (κ1) is 11.3. The lowest BCUT2D eigenvalue weighted by atomic mass is 10.1. The zero-order chi connectivity index (χ0) is 12.5. The predicted molar refractivity (Wildman–Crippen MR) is 67.3 cm³/mol. The summed E-state index contributed by atoms with van der Waals surface area (Å²) in [6.07, 6.45) is 4.89. The molecule has 1 atom stereocenters. The van der Waals surface area contributed by atoms with Crippen molar-refractivity contribution in [2.24, 2.45) is 0 Å². The van der Waals surface area contributed by atoms with Crippen LogP contribution in [0.15, 0.2) is 30.5 Å². The number of aromatic hydroxyl groups is 1. The van der Waals surface area contributed by atoms with Gasteiger partial charge in [-0.25, -0.2) is 4.98 Å². The summed E-state index contributed by atoms with van der Waals surface area (Å²) < 4.78 is 1.86. The van der Waals surface area contributed by atoms with Crippen molar-refractivity contribution in [3.63, 3.8) is 0 Å². The van der Waals surface area contributed by atoms with E-state index in [1.54, 1.807) is 12.1 Å². The molecule has 0 saturated heterocycles. The lowest BCUT2D eigenvalue weighted by Crippen LogP contribution is -2.16. The van der Waals surface area contributed by atoms with Crippen molar-refractivity contribution in [2.45, 2.75) is 31.9 Å². The Kier molecular flexibility index (Phi) is 2.80. The van der Waals surface area contributed by atoms with E-state index in [2.05, 4.69) is 4.98 Å². The van der Waals surface area contributed by atoms with Crippen molar-refractivity contribution in [3.05, 3.63) is 47.5 Å². The van der Waals surface area contributed by atoms with E-state index < -0.39 is 6.23 Å². The third kappa shape index (κ3) is 2.11. The highest BCUT2D eigenvalue weighted by Gasteiger charge is 2.19. The molecule has 2 heterocycles. The molecule has 4 heteroatoms. The van der Waals surface area contributed by atoms with E-state index in [1.807, 2.05) is 22.9 Å². The Labute approximate surface area is 106 Å². The summed E-state index contributed by atoms with van der Waals surface area (Å²) in [7, 11) is 0. The van der Waals surface area contributed by atoms with Gasteiger partial charge >= 0.3 is 0 Å². The minimum Gasteiger partial charge on any atom is -0.508 e. The van der Waals surface area contributed by atoms with E-state index in [4.69, 9.17) is 0 Å². The summed E-state index contributed by atoms with van der Waals surface area (Å²) in [4.78, 5) is 4.55. The topological polar surface area (TPSA) is 58.3 Å². The SMILES string of the molecule is Oc1cccc(Cc2cn3c(n2)CCCC3O)c1.